The van der Waals surface area contributed by atoms with Crippen molar-refractivity contribution in [3.63, 3.8) is 0 Å². The Labute approximate surface area is 186 Å². The highest BCUT2D eigenvalue weighted by molar-refractivity contribution is 7.12. The van der Waals surface area contributed by atoms with E-state index in [4.69, 9.17) is 4.74 Å². The lowest BCUT2D eigenvalue weighted by molar-refractivity contribution is -0.133. The zero-order chi connectivity index (χ0) is 22.4. The summed E-state index contributed by atoms with van der Waals surface area (Å²) < 4.78 is 5.27. The van der Waals surface area contributed by atoms with Crippen molar-refractivity contribution in [2.45, 2.75) is 27.2 Å². The van der Waals surface area contributed by atoms with E-state index in [1.165, 1.54) is 16.9 Å². The molecule has 6 nitrogen and oxygen atoms in total. The molecule has 3 rings (SSSR count). The summed E-state index contributed by atoms with van der Waals surface area (Å²) in [6, 6.07) is 15.3. The van der Waals surface area contributed by atoms with E-state index in [9.17, 15) is 9.59 Å². The summed E-state index contributed by atoms with van der Waals surface area (Å²) in [5.41, 5.74) is 3.59. The third kappa shape index (κ3) is 5.70. The fourth-order valence-corrected chi connectivity index (χ4v) is 4.21. The van der Waals surface area contributed by atoms with Gasteiger partial charge in [-0.25, -0.2) is 4.98 Å². The number of aromatic nitrogens is 1. The highest BCUT2D eigenvalue weighted by Crippen LogP contribution is 2.29. The number of aryl methyl sites for hydroxylation is 2. The van der Waals surface area contributed by atoms with Crippen LogP contribution >= 0.6 is 11.3 Å². The molecule has 1 aromatic heterocycles. The Balaban J connectivity index is 1.70. The molecule has 0 fully saturated rings. The predicted octanol–water partition coefficient (Wildman–Crippen LogP) is 4.47. The van der Waals surface area contributed by atoms with Gasteiger partial charge in [-0.2, -0.15) is 0 Å². The smallest absolute Gasteiger partial charge is 0.244 e. The van der Waals surface area contributed by atoms with Crippen molar-refractivity contribution in [2.75, 3.05) is 25.5 Å². The first-order valence-corrected chi connectivity index (χ1v) is 11.0. The van der Waals surface area contributed by atoms with Crippen LogP contribution in [0.3, 0.4) is 0 Å². The first-order valence-electron chi connectivity index (χ1n) is 10.1. The Bertz CT molecular complexity index is 1060. The number of amides is 2. The van der Waals surface area contributed by atoms with Gasteiger partial charge in [0.1, 0.15) is 5.75 Å². The quantitative estimate of drug-likeness (QED) is 0.565. The third-order valence-corrected chi connectivity index (χ3v) is 5.86. The Hall–Kier alpha value is -3.19. The SMILES string of the molecule is CCN(CC(=O)Nc1ccccc1OC)C(=O)Cc1sc(C)nc1-c1ccc(C)cc1. The number of methoxy groups -OCH3 is 1. The second kappa shape index (κ2) is 10.2. The van der Waals surface area contributed by atoms with Crippen molar-refractivity contribution >= 4 is 28.8 Å². The van der Waals surface area contributed by atoms with E-state index >= 15 is 0 Å². The number of carbonyl (C=O) groups excluding carboxylic acids is 2. The van der Waals surface area contributed by atoms with Gasteiger partial charge in [0.25, 0.3) is 0 Å². The highest BCUT2D eigenvalue weighted by Gasteiger charge is 2.20. The molecule has 0 spiro atoms. The second-order valence-corrected chi connectivity index (χ2v) is 8.49. The van der Waals surface area contributed by atoms with E-state index in [2.05, 4.69) is 10.3 Å². The van der Waals surface area contributed by atoms with Gasteiger partial charge in [0.15, 0.2) is 0 Å². The molecule has 0 aliphatic carbocycles. The number of benzene rings is 2. The number of ether oxygens (including phenoxy) is 1. The summed E-state index contributed by atoms with van der Waals surface area (Å²) >= 11 is 1.52. The van der Waals surface area contributed by atoms with Crippen molar-refractivity contribution in [1.29, 1.82) is 0 Å². The van der Waals surface area contributed by atoms with Gasteiger partial charge >= 0.3 is 0 Å². The molecule has 0 saturated carbocycles. The van der Waals surface area contributed by atoms with Gasteiger partial charge in [0.2, 0.25) is 11.8 Å². The predicted molar refractivity (Wildman–Crippen MR) is 125 cm³/mol. The van der Waals surface area contributed by atoms with Crippen LogP contribution in [0.25, 0.3) is 11.3 Å². The van der Waals surface area contributed by atoms with Crippen LogP contribution in [-0.2, 0) is 16.0 Å². The van der Waals surface area contributed by atoms with Gasteiger partial charge in [0.05, 0.1) is 36.5 Å². The molecule has 0 aliphatic heterocycles. The standard InChI is InChI=1S/C24H27N3O3S/c1-5-27(15-22(28)26-19-8-6-7-9-20(19)30-4)23(29)14-21-24(25-17(3)31-21)18-12-10-16(2)11-13-18/h6-13H,5,14-15H2,1-4H3,(H,26,28). The van der Waals surface area contributed by atoms with Crippen LogP contribution in [0, 0.1) is 13.8 Å². The lowest BCUT2D eigenvalue weighted by atomic mass is 10.1. The molecule has 0 aliphatic rings. The maximum absolute atomic E-state index is 13.0. The number of para-hydroxylation sites is 2. The van der Waals surface area contributed by atoms with Crippen LogP contribution in [0.1, 0.15) is 22.4 Å². The van der Waals surface area contributed by atoms with Crippen molar-refractivity contribution < 1.29 is 14.3 Å². The Morgan fingerprint density at radius 3 is 2.48 bits per heavy atom. The zero-order valence-corrected chi connectivity index (χ0v) is 19.1. The molecule has 1 N–H and O–H groups in total. The fraction of sp³-hybridized carbons (Fsp3) is 0.292. The Morgan fingerprint density at radius 1 is 1.10 bits per heavy atom. The van der Waals surface area contributed by atoms with E-state index in [-0.39, 0.29) is 24.8 Å². The average molecular weight is 438 g/mol. The third-order valence-electron chi connectivity index (χ3n) is 4.89. The number of nitrogens with zero attached hydrogens (tertiary/aromatic N) is 2. The van der Waals surface area contributed by atoms with E-state index in [0.29, 0.717) is 18.0 Å². The molecule has 0 unspecified atom stereocenters. The number of nitrogens with one attached hydrogen (secondary N) is 1. The largest absolute Gasteiger partial charge is 0.495 e. The number of rotatable bonds is 8. The molecule has 2 aromatic carbocycles. The second-order valence-electron chi connectivity index (χ2n) is 7.20. The molecule has 162 valence electrons. The van der Waals surface area contributed by atoms with Crippen LogP contribution in [0.5, 0.6) is 5.75 Å². The van der Waals surface area contributed by atoms with Crippen LogP contribution in [0.15, 0.2) is 48.5 Å². The van der Waals surface area contributed by atoms with Gasteiger partial charge in [0, 0.05) is 17.0 Å². The molecular formula is C24H27N3O3S. The zero-order valence-electron chi connectivity index (χ0n) is 18.3. The lowest BCUT2D eigenvalue weighted by Crippen LogP contribution is -2.38. The van der Waals surface area contributed by atoms with Gasteiger partial charge in [-0.05, 0) is 32.9 Å². The molecule has 0 radical (unpaired) electrons. The molecule has 0 atom stereocenters. The normalized spacial score (nSPS) is 10.6. The van der Waals surface area contributed by atoms with Crippen molar-refractivity contribution in [3.05, 3.63) is 64.0 Å². The topological polar surface area (TPSA) is 71.5 Å². The van der Waals surface area contributed by atoms with E-state index in [0.717, 1.165) is 21.1 Å². The molecular weight excluding hydrogens is 410 g/mol. The summed E-state index contributed by atoms with van der Waals surface area (Å²) in [7, 11) is 1.55. The highest BCUT2D eigenvalue weighted by atomic mass is 32.1. The maximum Gasteiger partial charge on any atom is 0.244 e. The number of hydrogen-bond acceptors (Lipinski definition) is 5. The van der Waals surface area contributed by atoms with Gasteiger partial charge in [-0.3, -0.25) is 9.59 Å². The van der Waals surface area contributed by atoms with Crippen LogP contribution < -0.4 is 10.1 Å². The molecule has 1 heterocycles. The molecule has 31 heavy (non-hydrogen) atoms. The summed E-state index contributed by atoms with van der Waals surface area (Å²) in [5.74, 6) is 0.210. The maximum atomic E-state index is 13.0. The minimum Gasteiger partial charge on any atom is -0.495 e. The summed E-state index contributed by atoms with van der Waals surface area (Å²) in [6.45, 7) is 6.26. The summed E-state index contributed by atoms with van der Waals surface area (Å²) in [4.78, 5) is 32.7. The summed E-state index contributed by atoms with van der Waals surface area (Å²) in [5, 5.41) is 3.74. The van der Waals surface area contributed by atoms with E-state index < -0.39 is 0 Å². The van der Waals surface area contributed by atoms with Crippen molar-refractivity contribution in [3.8, 4) is 17.0 Å². The minimum absolute atomic E-state index is 0.0228. The fourth-order valence-electron chi connectivity index (χ4n) is 3.26. The number of carbonyl (C=O) groups is 2. The molecule has 3 aromatic rings. The lowest BCUT2D eigenvalue weighted by Gasteiger charge is -2.20. The molecule has 2 amide bonds. The average Bonchev–Trinajstić information content (AvgIpc) is 3.12. The van der Waals surface area contributed by atoms with Crippen LogP contribution in [0.4, 0.5) is 5.69 Å². The first-order chi connectivity index (χ1) is 14.9. The number of hydrogen-bond donors (Lipinski definition) is 1. The van der Waals surface area contributed by atoms with Crippen LogP contribution in [-0.4, -0.2) is 41.9 Å². The van der Waals surface area contributed by atoms with Gasteiger partial charge < -0.3 is 15.0 Å². The molecule has 0 saturated heterocycles. The Kier molecular flexibility index (Phi) is 7.41. The number of thiazole rings is 1. The summed E-state index contributed by atoms with van der Waals surface area (Å²) in [6.07, 6.45) is 0.213. The monoisotopic (exact) mass is 437 g/mol. The van der Waals surface area contributed by atoms with Crippen molar-refractivity contribution in [1.82, 2.24) is 9.88 Å². The molecule has 7 heteroatoms. The van der Waals surface area contributed by atoms with Crippen LogP contribution in [0.2, 0.25) is 0 Å². The number of anilines is 1. The van der Waals surface area contributed by atoms with Gasteiger partial charge in [-0.1, -0.05) is 42.0 Å². The Morgan fingerprint density at radius 2 is 1.81 bits per heavy atom. The number of likely N-dealkylation sites (N-methyl/N-ethyl adjacent to an activating group) is 1. The van der Waals surface area contributed by atoms with E-state index in [1.807, 2.05) is 57.2 Å². The minimum atomic E-state index is -0.265. The van der Waals surface area contributed by atoms with Crippen molar-refractivity contribution in [2.24, 2.45) is 0 Å². The van der Waals surface area contributed by atoms with E-state index in [1.54, 1.807) is 24.1 Å². The first kappa shape index (κ1) is 22.5. The van der Waals surface area contributed by atoms with Gasteiger partial charge in [-0.15, -0.1) is 11.3 Å². The molecule has 0 bridgehead atoms.